The Kier molecular flexibility index (Phi) is 2.91. The number of rotatable bonds is 1. The van der Waals surface area contributed by atoms with Crippen molar-refractivity contribution in [3.8, 4) is 5.75 Å². The smallest absolute Gasteiger partial charge is 0.130 e. The fraction of sp³-hybridized carbons (Fsp3) is 0.500. The topological polar surface area (TPSA) is 32.3 Å². The molecule has 1 saturated heterocycles. The van der Waals surface area contributed by atoms with Gasteiger partial charge in [0.15, 0.2) is 0 Å². The summed E-state index contributed by atoms with van der Waals surface area (Å²) in [5, 5.41) is 12.8. The highest BCUT2D eigenvalue weighted by molar-refractivity contribution is 5.38. The Balaban J connectivity index is 2.27. The summed E-state index contributed by atoms with van der Waals surface area (Å²) < 4.78 is 13.4. The molecule has 82 valence electrons. The largest absolute Gasteiger partial charge is 0.508 e. The Labute approximate surface area is 89.1 Å². The summed E-state index contributed by atoms with van der Waals surface area (Å²) in [5.74, 6) is 0.152. The van der Waals surface area contributed by atoms with Crippen LogP contribution in [0.4, 0.5) is 4.39 Å². The van der Waals surface area contributed by atoms with Gasteiger partial charge in [-0.05, 0) is 56.5 Å². The molecule has 2 N–H and O–H groups in total. The van der Waals surface area contributed by atoms with Gasteiger partial charge < -0.3 is 10.4 Å². The van der Waals surface area contributed by atoms with Gasteiger partial charge in [-0.2, -0.15) is 0 Å². The lowest BCUT2D eigenvalue weighted by molar-refractivity contribution is 0.443. The number of aromatic hydroxyl groups is 1. The van der Waals surface area contributed by atoms with Gasteiger partial charge in [-0.15, -0.1) is 0 Å². The first-order valence-electron chi connectivity index (χ1n) is 5.38. The predicted octanol–water partition coefficient (Wildman–Crippen LogP) is 2.31. The Morgan fingerprint density at radius 2 is 2.00 bits per heavy atom. The van der Waals surface area contributed by atoms with E-state index in [0.29, 0.717) is 11.5 Å². The molecular weight excluding hydrogens is 193 g/mol. The molecule has 0 atom stereocenters. The van der Waals surface area contributed by atoms with Crippen LogP contribution in [0.1, 0.15) is 29.9 Å². The molecule has 0 radical (unpaired) electrons. The Morgan fingerprint density at radius 1 is 1.33 bits per heavy atom. The lowest BCUT2D eigenvalue weighted by Crippen LogP contribution is -2.26. The number of phenols is 1. The third-order valence-corrected chi connectivity index (χ3v) is 3.15. The summed E-state index contributed by atoms with van der Waals surface area (Å²) in [4.78, 5) is 0. The van der Waals surface area contributed by atoms with Crippen molar-refractivity contribution in [1.82, 2.24) is 5.32 Å². The number of nitrogens with one attached hydrogen (secondary N) is 1. The van der Waals surface area contributed by atoms with Crippen LogP contribution >= 0.6 is 0 Å². The maximum Gasteiger partial charge on any atom is 0.130 e. The van der Waals surface area contributed by atoms with Crippen LogP contribution < -0.4 is 5.32 Å². The molecule has 1 aliphatic heterocycles. The van der Waals surface area contributed by atoms with E-state index in [0.717, 1.165) is 31.5 Å². The van der Waals surface area contributed by atoms with Gasteiger partial charge in [0.1, 0.15) is 11.6 Å². The second-order valence-electron chi connectivity index (χ2n) is 4.17. The van der Waals surface area contributed by atoms with Crippen LogP contribution in [0.5, 0.6) is 5.75 Å². The molecule has 0 unspecified atom stereocenters. The minimum absolute atomic E-state index is 0.0727. The lowest BCUT2D eigenvalue weighted by atomic mass is 9.89. The number of piperidine rings is 1. The van der Waals surface area contributed by atoms with Crippen LogP contribution in [0.3, 0.4) is 0 Å². The predicted molar refractivity (Wildman–Crippen MR) is 57.6 cm³/mol. The molecular formula is C12H16FNO. The number of halogens is 1. The fourth-order valence-electron chi connectivity index (χ4n) is 2.08. The first-order valence-corrected chi connectivity index (χ1v) is 5.38. The molecule has 1 aromatic rings. The number of phenolic OH excluding ortho intramolecular Hbond substituents is 1. The van der Waals surface area contributed by atoms with Gasteiger partial charge in [0.25, 0.3) is 0 Å². The maximum atomic E-state index is 13.4. The van der Waals surface area contributed by atoms with Crippen LogP contribution in [0.25, 0.3) is 0 Å². The van der Waals surface area contributed by atoms with Gasteiger partial charge in [-0.3, -0.25) is 0 Å². The molecule has 3 heteroatoms. The van der Waals surface area contributed by atoms with E-state index in [1.54, 1.807) is 19.1 Å². The summed E-state index contributed by atoms with van der Waals surface area (Å²) in [6, 6.07) is 3.26. The van der Waals surface area contributed by atoms with Crippen molar-refractivity contribution in [3.63, 3.8) is 0 Å². The molecule has 0 bridgehead atoms. The average molecular weight is 209 g/mol. The van der Waals surface area contributed by atoms with E-state index in [4.69, 9.17) is 0 Å². The minimum Gasteiger partial charge on any atom is -0.508 e. The number of hydrogen-bond donors (Lipinski definition) is 2. The lowest BCUT2D eigenvalue weighted by Gasteiger charge is -2.23. The van der Waals surface area contributed by atoms with Gasteiger partial charge in [-0.1, -0.05) is 0 Å². The van der Waals surface area contributed by atoms with Gasteiger partial charge in [0.05, 0.1) is 0 Å². The zero-order chi connectivity index (χ0) is 10.8. The highest BCUT2D eigenvalue weighted by Gasteiger charge is 2.17. The fourth-order valence-corrected chi connectivity index (χ4v) is 2.08. The summed E-state index contributed by atoms with van der Waals surface area (Å²) in [6.07, 6.45) is 2.03. The van der Waals surface area contributed by atoms with Crippen molar-refractivity contribution in [2.75, 3.05) is 13.1 Å². The van der Waals surface area contributed by atoms with E-state index in [-0.39, 0.29) is 11.6 Å². The zero-order valence-electron chi connectivity index (χ0n) is 8.89. The van der Waals surface area contributed by atoms with Crippen LogP contribution in [0.15, 0.2) is 12.1 Å². The van der Waals surface area contributed by atoms with E-state index in [1.807, 2.05) is 0 Å². The normalized spacial score (nSPS) is 18.0. The SMILES string of the molecule is Cc1c(O)cc(C2CCNCC2)cc1F. The first-order chi connectivity index (χ1) is 7.18. The summed E-state index contributed by atoms with van der Waals surface area (Å²) in [5.41, 5.74) is 1.27. The Bertz CT molecular complexity index is 336. The molecule has 1 aromatic carbocycles. The Morgan fingerprint density at radius 3 is 2.60 bits per heavy atom. The van der Waals surface area contributed by atoms with Gasteiger partial charge in [-0.25, -0.2) is 4.39 Å². The van der Waals surface area contributed by atoms with Gasteiger partial charge in [0.2, 0.25) is 0 Å². The summed E-state index contributed by atoms with van der Waals surface area (Å²) in [6.45, 7) is 3.54. The second-order valence-corrected chi connectivity index (χ2v) is 4.17. The number of hydrogen-bond acceptors (Lipinski definition) is 2. The monoisotopic (exact) mass is 209 g/mol. The summed E-state index contributed by atoms with van der Waals surface area (Å²) in [7, 11) is 0. The van der Waals surface area contributed by atoms with Crippen molar-refractivity contribution >= 4 is 0 Å². The molecule has 1 aliphatic rings. The molecule has 0 spiro atoms. The third kappa shape index (κ3) is 2.12. The van der Waals surface area contributed by atoms with Crippen molar-refractivity contribution in [2.24, 2.45) is 0 Å². The van der Waals surface area contributed by atoms with E-state index >= 15 is 0 Å². The Hall–Kier alpha value is -1.09. The molecule has 2 nitrogen and oxygen atoms in total. The molecule has 0 saturated carbocycles. The molecule has 2 rings (SSSR count). The van der Waals surface area contributed by atoms with Crippen LogP contribution in [-0.4, -0.2) is 18.2 Å². The second kappa shape index (κ2) is 4.19. The van der Waals surface area contributed by atoms with Crippen molar-refractivity contribution in [3.05, 3.63) is 29.1 Å². The molecule has 0 amide bonds. The number of benzene rings is 1. The van der Waals surface area contributed by atoms with Crippen LogP contribution in [-0.2, 0) is 0 Å². The maximum absolute atomic E-state index is 13.4. The molecule has 1 fully saturated rings. The van der Waals surface area contributed by atoms with Gasteiger partial charge in [0, 0.05) is 5.56 Å². The zero-order valence-corrected chi connectivity index (χ0v) is 8.89. The van der Waals surface area contributed by atoms with Crippen molar-refractivity contribution < 1.29 is 9.50 Å². The molecule has 0 aliphatic carbocycles. The standard InChI is InChI=1S/C12H16FNO/c1-8-11(13)6-10(7-12(8)15)9-2-4-14-5-3-9/h6-7,9,14-15H,2-5H2,1H3. The molecule has 1 heterocycles. The van der Waals surface area contributed by atoms with E-state index in [1.165, 1.54) is 0 Å². The quantitative estimate of drug-likeness (QED) is 0.744. The summed E-state index contributed by atoms with van der Waals surface area (Å²) >= 11 is 0. The van der Waals surface area contributed by atoms with E-state index < -0.39 is 0 Å². The van der Waals surface area contributed by atoms with Crippen LogP contribution in [0.2, 0.25) is 0 Å². The van der Waals surface area contributed by atoms with Crippen LogP contribution in [0, 0.1) is 12.7 Å². The van der Waals surface area contributed by atoms with Crippen molar-refractivity contribution in [1.29, 1.82) is 0 Å². The van der Waals surface area contributed by atoms with E-state index in [9.17, 15) is 9.50 Å². The van der Waals surface area contributed by atoms with Crippen molar-refractivity contribution in [2.45, 2.75) is 25.7 Å². The first kappa shape index (κ1) is 10.4. The highest BCUT2D eigenvalue weighted by Crippen LogP contribution is 2.30. The molecule has 15 heavy (non-hydrogen) atoms. The average Bonchev–Trinajstić information content (AvgIpc) is 2.26. The van der Waals surface area contributed by atoms with Gasteiger partial charge >= 0.3 is 0 Å². The van der Waals surface area contributed by atoms with E-state index in [2.05, 4.69) is 5.32 Å². The third-order valence-electron chi connectivity index (χ3n) is 3.15. The highest BCUT2D eigenvalue weighted by atomic mass is 19.1. The molecule has 0 aromatic heterocycles. The minimum atomic E-state index is -0.302.